The Morgan fingerprint density at radius 1 is 0.655 bits per heavy atom. The number of aromatic amines is 1. The molecule has 5 heteroatoms. The molecule has 0 spiro atoms. The molecule has 1 heterocycles. The van der Waals surface area contributed by atoms with Gasteiger partial charge >= 0.3 is 174 Å². The van der Waals surface area contributed by atoms with E-state index in [2.05, 4.69) is 4.98 Å². The average molecular weight is 488 g/mol. The van der Waals surface area contributed by atoms with Crippen LogP contribution in [0.1, 0.15) is 10.4 Å². The van der Waals surface area contributed by atoms with Crippen molar-refractivity contribution in [3.8, 4) is 0 Å². The van der Waals surface area contributed by atoms with Crippen molar-refractivity contribution in [2.24, 2.45) is 0 Å². The minimum absolute atomic E-state index is 0.259. The second-order valence-electron chi connectivity index (χ2n) is 6.61. The van der Waals surface area contributed by atoms with Gasteiger partial charge in [0, 0.05) is 0 Å². The molecule has 0 fully saturated rings. The fourth-order valence-electron chi connectivity index (χ4n) is 3.43. The number of hydrogen-bond acceptors (Lipinski definition) is 3. The number of carbonyl (C=O) groups is 1. The van der Waals surface area contributed by atoms with E-state index in [1.165, 1.54) is 18.3 Å². The van der Waals surface area contributed by atoms with Gasteiger partial charge in [0.1, 0.15) is 0 Å². The van der Waals surface area contributed by atoms with Crippen molar-refractivity contribution in [2.75, 3.05) is 0 Å². The average Bonchev–Trinajstić information content (AvgIpc) is 2.79. The quantitative estimate of drug-likeness (QED) is 0.439. The van der Waals surface area contributed by atoms with Crippen LogP contribution in [0.15, 0.2) is 114 Å². The molecule has 0 atom stereocenters. The van der Waals surface area contributed by atoms with E-state index in [0.29, 0.717) is 5.56 Å². The normalized spacial score (nSPS) is 11.0. The van der Waals surface area contributed by atoms with Crippen LogP contribution in [0.3, 0.4) is 0 Å². The molecule has 1 N–H and O–H groups in total. The Morgan fingerprint density at radius 2 is 1.10 bits per heavy atom. The summed E-state index contributed by atoms with van der Waals surface area (Å²) in [4.78, 5) is 27.2. The van der Waals surface area contributed by atoms with Crippen molar-refractivity contribution in [2.45, 2.75) is 0 Å². The second kappa shape index (κ2) is 8.49. The Kier molecular flexibility index (Phi) is 5.62. The fourth-order valence-corrected chi connectivity index (χ4v) is 14.1. The van der Waals surface area contributed by atoms with Crippen LogP contribution in [0.2, 0.25) is 0 Å². The topological polar surface area (TPSA) is 59.2 Å². The van der Waals surface area contributed by atoms with E-state index in [4.69, 9.17) is 3.07 Å². The van der Waals surface area contributed by atoms with E-state index >= 15 is 0 Å². The molecule has 0 saturated heterocycles. The summed E-state index contributed by atoms with van der Waals surface area (Å²) >= 11 is -4.14. The summed E-state index contributed by atoms with van der Waals surface area (Å²) in [5.74, 6) is -0.436. The van der Waals surface area contributed by atoms with Gasteiger partial charge in [0.2, 0.25) is 0 Å². The van der Waals surface area contributed by atoms with Gasteiger partial charge in [0.05, 0.1) is 0 Å². The molecule has 0 saturated carbocycles. The van der Waals surface area contributed by atoms with Gasteiger partial charge in [0.15, 0.2) is 0 Å². The zero-order valence-corrected chi connectivity index (χ0v) is 18.5. The van der Waals surface area contributed by atoms with Crippen molar-refractivity contribution in [3.05, 3.63) is 125 Å². The Labute approximate surface area is 173 Å². The number of H-pyrrole nitrogens is 1. The second-order valence-corrected chi connectivity index (χ2v) is 16.0. The van der Waals surface area contributed by atoms with Gasteiger partial charge in [-0.25, -0.2) is 0 Å². The maximum absolute atomic E-state index is 13.2. The molecule has 0 amide bonds. The van der Waals surface area contributed by atoms with E-state index in [1.807, 2.05) is 91.0 Å². The number of aromatic nitrogens is 1. The van der Waals surface area contributed by atoms with Gasteiger partial charge in [-0.3, -0.25) is 0 Å². The summed E-state index contributed by atoms with van der Waals surface area (Å²) < 4.78 is 9.59. The number of carbonyl (C=O) groups excluding carboxylic acids is 1. The zero-order valence-electron chi connectivity index (χ0n) is 15.6. The van der Waals surface area contributed by atoms with Gasteiger partial charge in [-0.1, -0.05) is 0 Å². The molecule has 3 aromatic carbocycles. The SMILES string of the molecule is O=C([O][Sn]([c]1ccccc1)([c]1ccccc1)[c]1ccccc1)c1ccc(=O)[nH]c1. The van der Waals surface area contributed by atoms with Gasteiger partial charge in [-0.05, 0) is 0 Å². The Bertz CT molecular complexity index is 1040. The molecule has 142 valence electrons. The molecule has 29 heavy (non-hydrogen) atoms. The molecule has 4 rings (SSSR count). The van der Waals surface area contributed by atoms with Crippen LogP contribution >= 0.6 is 0 Å². The molecule has 0 aliphatic heterocycles. The van der Waals surface area contributed by atoms with Crippen LogP contribution < -0.4 is 16.3 Å². The molecule has 0 aliphatic carbocycles. The van der Waals surface area contributed by atoms with Crippen molar-refractivity contribution in [1.82, 2.24) is 4.98 Å². The predicted octanol–water partition coefficient (Wildman–Crippen LogP) is 2.20. The molecular weight excluding hydrogens is 469 g/mol. The van der Waals surface area contributed by atoms with Crippen molar-refractivity contribution in [1.29, 1.82) is 0 Å². The first-order valence-corrected chi connectivity index (χ1v) is 14.7. The van der Waals surface area contributed by atoms with Gasteiger partial charge < -0.3 is 0 Å². The van der Waals surface area contributed by atoms with E-state index in [0.717, 1.165) is 10.7 Å². The molecular formula is C24H19NO3Sn. The van der Waals surface area contributed by atoms with Crippen molar-refractivity contribution in [3.63, 3.8) is 0 Å². The van der Waals surface area contributed by atoms with Crippen molar-refractivity contribution >= 4 is 35.5 Å². The molecule has 0 aliphatic rings. The third kappa shape index (κ3) is 3.89. The molecule has 0 radical (unpaired) electrons. The van der Waals surface area contributed by atoms with Crippen LogP contribution in [0.5, 0.6) is 0 Å². The van der Waals surface area contributed by atoms with E-state index < -0.39 is 24.8 Å². The predicted molar refractivity (Wildman–Crippen MR) is 116 cm³/mol. The van der Waals surface area contributed by atoms with Gasteiger partial charge in [-0.15, -0.1) is 0 Å². The first kappa shape index (κ1) is 19.2. The first-order valence-electron chi connectivity index (χ1n) is 9.29. The van der Waals surface area contributed by atoms with Crippen LogP contribution in [-0.4, -0.2) is 29.7 Å². The van der Waals surface area contributed by atoms with Crippen LogP contribution in [0.25, 0.3) is 0 Å². The standard InChI is InChI=1S/C6H5NO3.3C6H5.Sn/c8-5-2-1-4(3-7-5)6(9)10;3*1-2-4-6-5-3-1;/h1-3H,(H,7,8)(H,9,10);3*1-5H;/q;;;;+1/p-1. The number of benzene rings is 3. The molecule has 0 bridgehead atoms. The summed E-state index contributed by atoms with van der Waals surface area (Å²) in [6.45, 7) is 0. The van der Waals surface area contributed by atoms with Crippen LogP contribution in [0.4, 0.5) is 0 Å². The molecule has 0 unspecified atom stereocenters. The van der Waals surface area contributed by atoms with Gasteiger partial charge in [0.25, 0.3) is 0 Å². The third-order valence-corrected chi connectivity index (χ3v) is 16.0. The summed E-state index contributed by atoms with van der Waals surface area (Å²) in [6.07, 6.45) is 1.41. The summed E-state index contributed by atoms with van der Waals surface area (Å²) in [7, 11) is 0. The summed E-state index contributed by atoms with van der Waals surface area (Å²) in [6, 6.07) is 32.8. The maximum atomic E-state index is 13.2. The van der Waals surface area contributed by atoms with Gasteiger partial charge in [-0.2, -0.15) is 0 Å². The number of rotatable bonds is 5. The Morgan fingerprint density at radius 3 is 1.48 bits per heavy atom. The molecule has 1 aromatic heterocycles. The van der Waals surface area contributed by atoms with E-state index in [9.17, 15) is 9.59 Å². The van der Waals surface area contributed by atoms with Crippen molar-refractivity contribution < 1.29 is 7.87 Å². The monoisotopic (exact) mass is 489 g/mol. The number of nitrogens with one attached hydrogen (secondary N) is 1. The Balaban J connectivity index is 1.93. The minimum atomic E-state index is -4.14. The number of pyridine rings is 1. The van der Waals surface area contributed by atoms with E-state index in [1.54, 1.807) is 0 Å². The molecule has 4 nitrogen and oxygen atoms in total. The summed E-state index contributed by atoms with van der Waals surface area (Å²) in [5, 5.41) is 0. The number of hydrogen-bond donors (Lipinski definition) is 1. The van der Waals surface area contributed by atoms with Crippen LogP contribution in [-0.2, 0) is 3.07 Å². The first-order chi connectivity index (χ1) is 14.2. The molecule has 4 aromatic rings. The summed E-state index contributed by atoms with van der Waals surface area (Å²) in [5.41, 5.74) is 0.0685. The zero-order chi connectivity index (χ0) is 20.1. The fraction of sp³-hybridized carbons (Fsp3) is 0. The Hall–Kier alpha value is -3.12. The third-order valence-electron chi connectivity index (χ3n) is 4.81. The van der Waals surface area contributed by atoms with Crippen LogP contribution in [0, 0.1) is 0 Å². The van der Waals surface area contributed by atoms with E-state index in [-0.39, 0.29) is 5.56 Å².